The monoisotopic (exact) mass is 206 g/mol. The Hall–Kier alpha value is -1.81. The van der Waals surface area contributed by atoms with Gasteiger partial charge in [0.1, 0.15) is 0 Å². The minimum Gasteiger partial charge on any atom is -0.381 e. The zero-order chi connectivity index (χ0) is 11.1. The number of allylic oxidation sites excluding steroid dienone is 4. The lowest BCUT2D eigenvalue weighted by Crippen LogP contribution is -1.88. The lowest BCUT2D eigenvalue weighted by Gasteiger charge is -1.97. The van der Waals surface area contributed by atoms with Crippen molar-refractivity contribution < 1.29 is 9.26 Å². The van der Waals surface area contributed by atoms with Crippen molar-refractivity contribution in [2.45, 2.75) is 0 Å². The summed E-state index contributed by atoms with van der Waals surface area (Å²) in [4.78, 5) is 0. The molecule has 1 heterocycles. The summed E-state index contributed by atoms with van der Waals surface area (Å²) in [6, 6.07) is 0. The highest BCUT2D eigenvalue weighted by Gasteiger charge is 2.06. The van der Waals surface area contributed by atoms with E-state index < -0.39 is 0 Å². The minimum atomic E-state index is 0.296. The van der Waals surface area contributed by atoms with Gasteiger partial charge in [-0.15, -0.1) is 0 Å². The van der Waals surface area contributed by atoms with Gasteiger partial charge in [-0.25, -0.2) is 0 Å². The van der Waals surface area contributed by atoms with Gasteiger partial charge in [0, 0.05) is 7.11 Å². The van der Waals surface area contributed by atoms with Gasteiger partial charge >= 0.3 is 0 Å². The zero-order valence-electron chi connectivity index (χ0n) is 8.64. The number of hydrogen-bond acceptors (Lipinski definition) is 4. The molecule has 0 bridgehead atoms. The molecule has 0 radical (unpaired) electrons. The lowest BCUT2D eigenvalue weighted by molar-refractivity contribution is 0.234. The van der Waals surface area contributed by atoms with Gasteiger partial charge in [0.15, 0.2) is 0 Å². The van der Waals surface area contributed by atoms with Crippen LogP contribution < -0.4 is 5.73 Å². The summed E-state index contributed by atoms with van der Waals surface area (Å²) in [5.41, 5.74) is 7.25. The maximum atomic E-state index is 5.61. The van der Waals surface area contributed by atoms with Crippen LogP contribution in [0, 0.1) is 0 Å². The highest BCUT2D eigenvalue weighted by Crippen LogP contribution is 2.21. The fourth-order valence-corrected chi connectivity index (χ4v) is 1.10. The number of ether oxygens (including phenoxy) is 1. The van der Waals surface area contributed by atoms with E-state index in [1.807, 2.05) is 18.2 Å². The van der Waals surface area contributed by atoms with E-state index in [0.29, 0.717) is 12.5 Å². The Balaban J connectivity index is 2.89. The van der Waals surface area contributed by atoms with Crippen LogP contribution in [0.25, 0.3) is 5.57 Å². The molecule has 0 aliphatic rings. The summed E-state index contributed by atoms with van der Waals surface area (Å²) < 4.78 is 9.69. The summed E-state index contributed by atoms with van der Waals surface area (Å²) in [5, 5.41) is 3.61. The zero-order valence-corrected chi connectivity index (χ0v) is 8.64. The Morgan fingerprint density at radius 1 is 1.73 bits per heavy atom. The van der Waals surface area contributed by atoms with Crippen molar-refractivity contribution in [3.8, 4) is 0 Å². The molecule has 0 amide bonds. The van der Waals surface area contributed by atoms with Gasteiger partial charge in [0.05, 0.1) is 18.4 Å². The number of methoxy groups -OCH3 is 1. The summed E-state index contributed by atoms with van der Waals surface area (Å²) >= 11 is 0. The molecule has 0 unspecified atom stereocenters. The second kappa shape index (κ2) is 5.82. The smallest absolute Gasteiger partial charge is 0.229 e. The third kappa shape index (κ3) is 3.11. The van der Waals surface area contributed by atoms with Crippen molar-refractivity contribution in [3.63, 3.8) is 0 Å². The number of nitrogen functional groups attached to an aromatic ring is 1. The van der Waals surface area contributed by atoms with E-state index >= 15 is 0 Å². The van der Waals surface area contributed by atoms with E-state index in [2.05, 4.69) is 11.7 Å². The van der Waals surface area contributed by atoms with Crippen molar-refractivity contribution in [1.82, 2.24) is 5.16 Å². The highest BCUT2D eigenvalue weighted by atomic mass is 16.5. The minimum absolute atomic E-state index is 0.296. The van der Waals surface area contributed by atoms with Crippen LogP contribution in [0.2, 0.25) is 0 Å². The van der Waals surface area contributed by atoms with Gasteiger partial charge in [-0.05, 0) is 5.57 Å². The van der Waals surface area contributed by atoms with Crippen LogP contribution in [0.4, 0.5) is 5.88 Å². The van der Waals surface area contributed by atoms with E-state index in [1.54, 1.807) is 19.4 Å². The van der Waals surface area contributed by atoms with Crippen molar-refractivity contribution in [2.75, 3.05) is 19.5 Å². The fourth-order valence-electron chi connectivity index (χ4n) is 1.10. The van der Waals surface area contributed by atoms with E-state index in [-0.39, 0.29) is 0 Å². The first-order valence-corrected chi connectivity index (χ1v) is 4.48. The number of aromatic nitrogens is 1. The van der Waals surface area contributed by atoms with E-state index in [4.69, 9.17) is 15.0 Å². The maximum Gasteiger partial charge on any atom is 0.229 e. The van der Waals surface area contributed by atoms with Gasteiger partial charge in [0.2, 0.25) is 5.88 Å². The molecular weight excluding hydrogens is 192 g/mol. The van der Waals surface area contributed by atoms with Crippen LogP contribution in [0.15, 0.2) is 41.6 Å². The van der Waals surface area contributed by atoms with Crippen molar-refractivity contribution in [3.05, 3.63) is 42.6 Å². The van der Waals surface area contributed by atoms with Crippen molar-refractivity contribution in [2.24, 2.45) is 0 Å². The van der Waals surface area contributed by atoms with Crippen LogP contribution in [0.5, 0.6) is 0 Å². The second-order valence-electron chi connectivity index (χ2n) is 2.82. The van der Waals surface area contributed by atoms with Gasteiger partial charge in [-0.2, -0.15) is 0 Å². The van der Waals surface area contributed by atoms with Crippen LogP contribution in [0.1, 0.15) is 5.56 Å². The normalized spacial score (nSPS) is 12.2. The third-order valence-electron chi connectivity index (χ3n) is 1.77. The first-order valence-electron chi connectivity index (χ1n) is 4.48. The van der Waals surface area contributed by atoms with E-state index in [1.165, 1.54) is 0 Å². The molecule has 0 aliphatic heterocycles. The first kappa shape index (κ1) is 11.3. The molecule has 1 aromatic heterocycles. The largest absolute Gasteiger partial charge is 0.381 e. The number of rotatable bonds is 5. The van der Waals surface area contributed by atoms with Crippen LogP contribution in [-0.2, 0) is 4.74 Å². The summed E-state index contributed by atoms with van der Waals surface area (Å²) in [7, 11) is 1.63. The van der Waals surface area contributed by atoms with Crippen molar-refractivity contribution in [1.29, 1.82) is 0 Å². The molecule has 0 saturated carbocycles. The second-order valence-corrected chi connectivity index (χ2v) is 2.82. The molecule has 1 aromatic rings. The molecule has 0 saturated heterocycles. The van der Waals surface area contributed by atoms with Gasteiger partial charge in [0.25, 0.3) is 0 Å². The quantitative estimate of drug-likeness (QED) is 0.749. The lowest BCUT2D eigenvalue weighted by atomic mass is 10.1. The molecule has 15 heavy (non-hydrogen) atoms. The molecule has 4 nitrogen and oxygen atoms in total. The highest BCUT2D eigenvalue weighted by molar-refractivity contribution is 5.79. The molecule has 1 rings (SSSR count). The maximum absolute atomic E-state index is 5.61. The summed E-state index contributed by atoms with van der Waals surface area (Å²) in [6.45, 7) is 4.18. The van der Waals surface area contributed by atoms with E-state index in [9.17, 15) is 0 Å². The Morgan fingerprint density at radius 2 is 2.53 bits per heavy atom. The number of anilines is 1. The van der Waals surface area contributed by atoms with Crippen molar-refractivity contribution >= 4 is 11.5 Å². The molecular formula is C11H14N2O2. The number of nitrogens with two attached hydrogens (primary N) is 1. The number of hydrogen-bond donors (Lipinski definition) is 1. The molecule has 80 valence electrons. The molecule has 4 heteroatoms. The predicted molar refractivity (Wildman–Crippen MR) is 60.1 cm³/mol. The standard InChI is InChI=1S/C11H14N2O2/c1-3-5-9(6-4-7-14-2)10-8-13-15-11(10)12/h3-6,8H,1,7,12H2,2H3/b6-4-,9-5+. The Morgan fingerprint density at radius 3 is 3.07 bits per heavy atom. The average molecular weight is 206 g/mol. The molecule has 0 aromatic carbocycles. The molecule has 0 fully saturated rings. The predicted octanol–water partition coefficient (Wildman–Crippen LogP) is 2.03. The number of nitrogens with zero attached hydrogens (tertiary/aromatic N) is 1. The molecule has 0 aliphatic carbocycles. The SMILES string of the molecule is C=C/C=C(\C=C/COC)c1cnoc1N. The van der Waals surface area contributed by atoms with Crippen LogP contribution in [-0.4, -0.2) is 18.9 Å². The average Bonchev–Trinajstić information content (AvgIpc) is 2.64. The van der Waals surface area contributed by atoms with Gasteiger partial charge in [-0.3, -0.25) is 0 Å². The molecule has 0 spiro atoms. The Kier molecular flexibility index (Phi) is 4.37. The van der Waals surface area contributed by atoms with Gasteiger partial charge < -0.3 is 15.0 Å². The third-order valence-corrected chi connectivity index (χ3v) is 1.77. The van der Waals surface area contributed by atoms with Gasteiger partial charge in [-0.1, -0.05) is 36.0 Å². The first-order chi connectivity index (χ1) is 7.29. The molecule has 2 N–H and O–H groups in total. The fraction of sp³-hybridized carbons (Fsp3) is 0.182. The van der Waals surface area contributed by atoms with Crippen LogP contribution >= 0.6 is 0 Å². The summed E-state index contributed by atoms with van der Waals surface area (Å²) in [6.07, 6.45) is 8.84. The summed E-state index contributed by atoms with van der Waals surface area (Å²) in [5.74, 6) is 0.296. The Labute approximate surface area is 88.7 Å². The Bertz CT molecular complexity index is 378. The van der Waals surface area contributed by atoms with E-state index in [0.717, 1.165) is 11.1 Å². The molecule has 0 atom stereocenters. The van der Waals surface area contributed by atoms with Crippen LogP contribution in [0.3, 0.4) is 0 Å². The topological polar surface area (TPSA) is 61.3 Å².